The average Bonchev–Trinajstić information content (AvgIpc) is 2.99. The van der Waals surface area contributed by atoms with E-state index in [4.69, 9.17) is 10.6 Å². The Morgan fingerprint density at radius 1 is 1.50 bits per heavy atom. The van der Waals surface area contributed by atoms with Crippen LogP contribution in [-0.2, 0) is 4.84 Å². The fraction of sp³-hybridized carbons (Fsp3) is 0.412. The van der Waals surface area contributed by atoms with Gasteiger partial charge in [-0.3, -0.25) is 14.4 Å². The summed E-state index contributed by atoms with van der Waals surface area (Å²) >= 11 is 0. The Labute approximate surface area is 147 Å². The summed E-state index contributed by atoms with van der Waals surface area (Å²) in [5.41, 5.74) is 3.88. The summed E-state index contributed by atoms with van der Waals surface area (Å²) in [5.74, 6) is -1.20. The fourth-order valence-corrected chi connectivity index (χ4v) is 3.80. The summed E-state index contributed by atoms with van der Waals surface area (Å²) < 4.78 is 14.6. The number of rotatable bonds is 2. The average molecular weight is 360 g/mol. The van der Waals surface area contributed by atoms with E-state index in [1.54, 1.807) is 15.5 Å². The van der Waals surface area contributed by atoms with Gasteiger partial charge in [0, 0.05) is 31.3 Å². The van der Waals surface area contributed by atoms with Crippen molar-refractivity contribution < 1.29 is 18.8 Å². The molecule has 2 bridgehead atoms. The lowest BCUT2D eigenvalue weighted by atomic mass is 9.87. The predicted octanol–water partition coefficient (Wildman–Crippen LogP) is 0.387. The smallest absolute Gasteiger partial charge is 0.271 e. The maximum Gasteiger partial charge on any atom is 0.271 e. The number of halogens is 1. The number of oxime groups is 1. The highest BCUT2D eigenvalue weighted by molar-refractivity contribution is 5.97. The minimum absolute atomic E-state index is 0.142. The molecule has 2 amide bonds. The highest BCUT2D eigenvalue weighted by Gasteiger charge is 2.51. The predicted molar refractivity (Wildman–Crippen MR) is 89.7 cm³/mol. The van der Waals surface area contributed by atoms with E-state index in [0.29, 0.717) is 0 Å². The zero-order valence-corrected chi connectivity index (χ0v) is 14.0. The van der Waals surface area contributed by atoms with Gasteiger partial charge in [-0.25, -0.2) is 4.39 Å². The summed E-state index contributed by atoms with van der Waals surface area (Å²) in [7, 11) is 0. The van der Waals surface area contributed by atoms with Crippen LogP contribution in [0.25, 0.3) is 0 Å². The zero-order chi connectivity index (χ0) is 18.6. The minimum atomic E-state index is -0.996. The van der Waals surface area contributed by atoms with E-state index in [0.717, 1.165) is 6.07 Å². The van der Waals surface area contributed by atoms with Crippen LogP contribution in [0.1, 0.15) is 40.2 Å². The topological polar surface area (TPSA) is 107 Å². The van der Waals surface area contributed by atoms with Crippen molar-refractivity contribution in [3.05, 3.63) is 45.9 Å². The highest BCUT2D eigenvalue weighted by atomic mass is 19.1. The molecule has 0 aliphatic carbocycles. The third-order valence-electron chi connectivity index (χ3n) is 5.22. The summed E-state index contributed by atoms with van der Waals surface area (Å²) in [5, 5.41) is 3.83. The van der Waals surface area contributed by atoms with Gasteiger partial charge in [0.2, 0.25) is 0 Å². The van der Waals surface area contributed by atoms with Gasteiger partial charge < -0.3 is 20.0 Å². The standard InChI is InChI=1S/C17H17FN4O4/c1-9-2-3-17(5-10(6-18)20-26-17)14-8-21(9)16(25)12-4-13(23)11(15(19)24)7-22(12)14/h2-4,7,9,14H,5-6,8H2,1H3,(H2,19,24). The van der Waals surface area contributed by atoms with Crippen molar-refractivity contribution >= 4 is 17.5 Å². The number of amides is 2. The first-order valence-corrected chi connectivity index (χ1v) is 8.22. The molecule has 26 heavy (non-hydrogen) atoms. The molecular formula is C17H17FN4O4. The molecule has 8 nitrogen and oxygen atoms in total. The van der Waals surface area contributed by atoms with Gasteiger partial charge in [-0.15, -0.1) is 0 Å². The van der Waals surface area contributed by atoms with Crippen LogP contribution in [0.5, 0.6) is 0 Å². The minimum Gasteiger partial charge on any atom is -0.382 e. The van der Waals surface area contributed by atoms with E-state index >= 15 is 0 Å². The number of hydrogen-bond acceptors (Lipinski definition) is 5. The van der Waals surface area contributed by atoms with E-state index in [9.17, 15) is 18.8 Å². The molecule has 1 aromatic rings. The largest absolute Gasteiger partial charge is 0.382 e. The summed E-state index contributed by atoms with van der Waals surface area (Å²) in [6, 6.07) is 0.407. The first-order valence-electron chi connectivity index (χ1n) is 8.22. The van der Waals surface area contributed by atoms with Crippen molar-refractivity contribution in [2.45, 2.75) is 31.0 Å². The lowest BCUT2D eigenvalue weighted by Crippen LogP contribution is -2.52. The lowest BCUT2D eigenvalue weighted by Gasteiger charge is -2.41. The van der Waals surface area contributed by atoms with Crippen molar-refractivity contribution in [2.24, 2.45) is 10.9 Å². The Balaban J connectivity index is 1.92. The zero-order valence-electron chi connectivity index (χ0n) is 14.0. The first kappa shape index (κ1) is 16.5. The Hall–Kier alpha value is -2.97. The van der Waals surface area contributed by atoms with Gasteiger partial charge >= 0.3 is 0 Å². The highest BCUT2D eigenvalue weighted by Crippen LogP contribution is 2.42. The normalized spacial score (nSPS) is 29.2. The van der Waals surface area contributed by atoms with E-state index in [1.165, 1.54) is 6.20 Å². The van der Waals surface area contributed by atoms with Gasteiger partial charge in [0.15, 0.2) is 11.0 Å². The second kappa shape index (κ2) is 5.52. The number of fused-ring (bicyclic) bond motifs is 5. The SMILES string of the molecule is CC1C=CC2(CC(CF)=NO2)C2CN1C(=O)c1cc(=O)c(C(N)=O)cn12. The van der Waals surface area contributed by atoms with E-state index in [1.807, 2.05) is 13.0 Å². The van der Waals surface area contributed by atoms with Gasteiger partial charge in [-0.05, 0) is 13.0 Å². The van der Waals surface area contributed by atoms with Crippen LogP contribution in [0.2, 0.25) is 0 Å². The molecule has 3 aliphatic rings. The number of pyridine rings is 1. The van der Waals surface area contributed by atoms with Crippen molar-refractivity contribution in [2.75, 3.05) is 13.2 Å². The lowest BCUT2D eigenvalue weighted by molar-refractivity contribution is -0.0314. The fourth-order valence-electron chi connectivity index (χ4n) is 3.80. The maximum atomic E-state index is 13.1. The van der Waals surface area contributed by atoms with Gasteiger partial charge in [0.25, 0.3) is 11.8 Å². The van der Waals surface area contributed by atoms with Gasteiger partial charge in [-0.2, -0.15) is 0 Å². The number of alkyl halides is 1. The molecule has 0 saturated carbocycles. The second-order valence-electron chi connectivity index (χ2n) is 6.80. The Morgan fingerprint density at radius 3 is 2.92 bits per heavy atom. The molecule has 3 atom stereocenters. The number of nitrogens with zero attached hydrogens (tertiary/aromatic N) is 3. The van der Waals surface area contributed by atoms with Crippen LogP contribution in [-0.4, -0.2) is 51.9 Å². The molecule has 4 rings (SSSR count). The first-order chi connectivity index (χ1) is 12.4. The number of aromatic nitrogens is 1. The number of primary amides is 1. The number of carbonyl (C=O) groups is 2. The molecule has 1 spiro atoms. The Morgan fingerprint density at radius 2 is 2.27 bits per heavy atom. The van der Waals surface area contributed by atoms with Gasteiger partial charge in [-0.1, -0.05) is 11.2 Å². The van der Waals surface area contributed by atoms with Crippen LogP contribution in [0.4, 0.5) is 4.39 Å². The second-order valence-corrected chi connectivity index (χ2v) is 6.80. The molecule has 9 heteroatoms. The molecule has 3 unspecified atom stereocenters. The van der Waals surface area contributed by atoms with E-state index in [-0.39, 0.29) is 41.9 Å². The van der Waals surface area contributed by atoms with E-state index < -0.39 is 29.7 Å². The molecular weight excluding hydrogens is 343 g/mol. The Bertz CT molecular complexity index is 937. The third kappa shape index (κ3) is 2.19. The molecule has 1 aromatic heterocycles. The molecule has 136 valence electrons. The number of hydrogen-bond donors (Lipinski definition) is 1. The van der Waals surface area contributed by atoms with E-state index in [2.05, 4.69) is 5.16 Å². The quantitative estimate of drug-likeness (QED) is 0.770. The van der Waals surface area contributed by atoms with Gasteiger partial charge in [0.05, 0.1) is 11.8 Å². The molecule has 2 N–H and O–H groups in total. The van der Waals surface area contributed by atoms with Crippen LogP contribution in [0.15, 0.2) is 34.4 Å². The van der Waals surface area contributed by atoms with Crippen LogP contribution < -0.4 is 11.2 Å². The van der Waals surface area contributed by atoms with Crippen molar-refractivity contribution in [3.8, 4) is 0 Å². The van der Waals surface area contributed by atoms with Crippen molar-refractivity contribution in [1.29, 1.82) is 0 Å². The Kier molecular flexibility index (Phi) is 3.50. The summed E-state index contributed by atoms with van der Waals surface area (Å²) in [4.78, 5) is 43.8. The van der Waals surface area contributed by atoms with Crippen LogP contribution in [0.3, 0.4) is 0 Å². The third-order valence-corrected chi connectivity index (χ3v) is 5.22. The monoisotopic (exact) mass is 360 g/mol. The summed E-state index contributed by atoms with van der Waals surface area (Å²) in [6.45, 7) is 1.39. The van der Waals surface area contributed by atoms with Gasteiger partial charge in [0.1, 0.15) is 17.9 Å². The summed E-state index contributed by atoms with van der Waals surface area (Å²) in [6.07, 6.45) is 5.12. The van der Waals surface area contributed by atoms with Crippen LogP contribution >= 0.6 is 0 Å². The number of nitrogens with two attached hydrogens (primary N) is 1. The molecule has 0 fully saturated rings. The molecule has 0 saturated heterocycles. The molecule has 3 aliphatic heterocycles. The number of carbonyl (C=O) groups excluding carboxylic acids is 2. The van der Waals surface area contributed by atoms with Crippen molar-refractivity contribution in [3.63, 3.8) is 0 Å². The molecule has 4 heterocycles. The maximum absolute atomic E-state index is 13.1. The van der Waals surface area contributed by atoms with Crippen LogP contribution in [0, 0.1) is 0 Å². The van der Waals surface area contributed by atoms with Crippen molar-refractivity contribution in [1.82, 2.24) is 9.47 Å². The molecule has 0 aromatic carbocycles. The molecule has 0 radical (unpaired) electrons.